The molecule has 4 heteroatoms. The Labute approximate surface area is 104 Å². The van der Waals surface area contributed by atoms with Crippen molar-refractivity contribution in [2.24, 2.45) is 0 Å². The highest BCUT2D eigenvalue weighted by molar-refractivity contribution is 9.09. The zero-order valence-corrected chi connectivity index (χ0v) is 10.8. The van der Waals surface area contributed by atoms with E-state index in [9.17, 15) is 0 Å². The average Bonchev–Trinajstić information content (AvgIpc) is 2.68. The van der Waals surface area contributed by atoms with Gasteiger partial charge in [-0.2, -0.15) is 0 Å². The number of rotatable bonds is 3. The first-order chi connectivity index (χ1) is 7.31. The van der Waals surface area contributed by atoms with Crippen molar-refractivity contribution in [3.8, 4) is 0 Å². The van der Waals surface area contributed by atoms with Crippen LogP contribution >= 0.6 is 27.5 Å². The molecule has 1 aliphatic heterocycles. The number of hydrogen-bond donors (Lipinski definition) is 0. The molecule has 0 saturated carbocycles. The zero-order chi connectivity index (χ0) is 10.7. The molecular weight excluding hydrogens is 275 g/mol. The van der Waals surface area contributed by atoms with Gasteiger partial charge >= 0.3 is 0 Å². The van der Waals surface area contributed by atoms with Gasteiger partial charge in [-0.3, -0.25) is 0 Å². The molecular formula is C11H14BrClN2. The minimum absolute atomic E-state index is 0.637. The topological polar surface area (TPSA) is 16.1 Å². The van der Waals surface area contributed by atoms with Gasteiger partial charge in [-0.25, -0.2) is 4.98 Å². The van der Waals surface area contributed by atoms with Crippen LogP contribution in [0.25, 0.3) is 0 Å². The molecule has 0 N–H and O–H groups in total. The van der Waals surface area contributed by atoms with Crippen molar-refractivity contribution >= 4 is 33.3 Å². The Morgan fingerprint density at radius 2 is 2.40 bits per heavy atom. The molecule has 1 aliphatic rings. The summed E-state index contributed by atoms with van der Waals surface area (Å²) in [4.78, 5) is 6.76. The summed E-state index contributed by atoms with van der Waals surface area (Å²) in [5.41, 5.74) is 0. The second-order valence-electron chi connectivity index (χ2n) is 3.80. The van der Waals surface area contributed by atoms with E-state index in [4.69, 9.17) is 11.6 Å². The fourth-order valence-corrected chi connectivity index (χ4v) is 2.74. The van der Waals surface area contributed by atoms with E-state index in [1.54, 1.807) is 6.20 Å². The Balaban J connectivity index is 2.11. The third-order valence-corrected chi connectivity index (χ3v) is 3.51. The summed E-state index contributed by atoms with van der Waals surface area (Å²) in [5, 5.41) is 1.76. The van der Waals surface area contributed by atoms with Gasteiger partial charge in [-0.1, -0.05) is 27.5 Å². The number of aromatic nitrogens is 1. The Hall–Kier alpha value is -0.280. The van der Waals surface area contributed by atoms with E-state index in [0.29, 0.717) is 11.1 Å². The first kappa shape index (κ1) is 11.2. The van der Waals surface area contributed by atoms with Crippen molar-refractivity contribution in [3.05, 3.63) is 23.4 Å². The van der Waals surface area contributed by atoms with Crippen LogP contribution in [0.4, 0.5) is 5.82 Å². The lowest BCUT2D eigenvalue weighted by molar-refractivity contribution is 0.647. The Bertz CT molecular complexity index is 315. The number of hydrogen-bond acceptors (Lipinski definition) is 2. The summed E-state index contributed by atoms with van der Waals surface area (Å²) in [5.74, 6) is 1.06. The van der Waals surface area contributed by atoms with Gasteiger partial charge in [0.1, 0.15) is 5.82 Å². The third kappa shape index (κ3) is 2.64. The lowest BCUT2D eigenvalue weighted by Gasteiger charge is -2.25. The van der Waals surface area contributed by atoms with Crippen LogP contribution in [0.15, 0.2) is 18.3 Å². The second kappa shape index (κ2) is 5.17. The molecule has 0 spiro atoms. The number of nitrogens with zero attached hydrogens (tertiary/aromatic N) is 2. The number of anilines is 1. The molecule has 1 aromatic rings. The van der Waals surface area contributed by atoms with Gasteiger partial charge in [-0.15, -0.1) is 0 Å². The standard InChI is InChI=1S/C11H14BrClN2/c12-6-5-10-2-1-7-15(10)11-4-3-9(13)8-14-11/h3-4,8,10H,1-2,5-7H2. The fourth-order valence-electron chi connectivity index (χ4n) is 2.10. The molecule has 0 radical (unpaired) electrons. The quantitative estimate of drug-likeness (QED) is 0.792. The SMILES string of the molecule is Clc1ccc(N2CCCC2CCBr)nc1. The molecule has 2 heterocycles. The molecule has 2 nitrogen and oxygen atoms in total. The van der Waals surface area contributed by atoms with Gasteiger partial charge in [0.15, 0.2) is 0 Å². The monoisotopic (exact) mass is 288 g/mol. The second-order valence-corrected chi connectivity index (χ2v) is 5.03. The summed E-state index contributed by atoms with van der Waals surface area (Å²) in [6.07, 6.45) is 5.45. The van der Waals surface area contributed by atoms with E-state index in [-0.39, 0.29) is 0 Å². The fraction of sp³-hybridized carbons (Fsp3) is 0.545. The molecule has 2 rings (SSSR count). The van der Waals surface area contributed by atoms with Crippen molar-refractivity contribution < 1.29 is 0 Å². The van der Waals surface area contributed by atoms with Crippen LogP contribution in [0, 0.1) is 0 Å². The first-order valence-electron chi connectivity index (χ1n) is 5.25. The first-order valence-corrected chi connectivity index (χ1v) is 6.75. The number of alkyl halides is 1. The van der Waals surface area contributed by atoms with Crippen LogP contribution in [0.2, 0.25) is 5.02 Å². The molecule has 0 aromatic carbocycles. The van der Waals surface area contributed by atoms with E-state index in [1.165, 1.54) is 19.3 Å². The van der Waals surface area contributed by atoms with E-state index >= 15 is 0 Å². The van der Waals surface area contributed by atoms with Crippen LogP contribution in [-0.4, -0.2) is 22.9 Å². The van der Waals surface area contributed by atoms with Crippen molar-refractivity contribution in [3.63, 3.8) is 0 Å². The van der Waals surface area contributed by atoms with Crippen molar-refractivity contribution in [1.29, 1.82) is 0 Å². The van der Waals surface area contributed by atoms with Gasteiger partial charge in [0.05, 0.1) is 5.02 Å². The summed E-state index contributed by atoms with van der Waals surface area (Å²) in [7, 11) is 0. The highest BCUT2D eigenvalue weighted by Gasteiger charge is 2.24. The van der Waals surface area contributed by atoms with Crippen molar-refractivity contribution in [1.82, 2.24) is 4.98 Å². The maximum Gasteiger partial charge on any atom is 0.128 e. The van der Waals surface area contributed by atoms with Gasteiger partial charge < -0.3 is 4.90 Å². The predicted octanol–water partition coefficient (Wildman–Crippen LogP) is 3.49. The highest BCUT2D eigenvalue weighted by atomic mass is 79.9. The van der Waals surface area contributed by atoms with E-state index in [2.05, 4.69) is 25.8 Å². The normalized spacial score (nSPS) is 20.9. The summed E-state index contributed by atoms with van der Waals surface area (Å²) in [6.45, 7) is 1.12. The van der Waals surface area contributed by atoms with E-state index in [1.807, 2.05) is 12.1 Å². The molecule has 0 bridgehead atoms. The van der Waals surface area contributed by atoms with Crippen LogP contribution in [0.1, 0.15) is 19.3 Å². The molecule has 1 aromatic heterocycles. The van der Waals surface area contributed by atoms with E-state index in [0.717, 1.165) is 17.7 Å². The largest absolute Gasteiger partial charge is 0.354 e. The van der Waals surface area contributed by atoms with Gasteiger partial charge in [0.2, 0.25) is 0 Å². The minimum Gasteiger partial charge on any atom is -0.354 e. The molecule has 0 amide bonds. The van der Waals surface area contributed by atoms with Crippen LogP contribution in [-0.2, 0) is 0 Å². The third-order valence-electron chi connectivity index (χ3n) is 2.83. The van der Waals surface area contributed by atoms with Crippen LogP contribution in [0.5, 0.6) is 0 Å². The van der Waals surface area contributed by atoms with Gasteiger partial charge in [0, 0.05) is 24.1 Å². The average molecular weight is 290 g/mol. The number of halogens is 2. The Morgan fingerprint density at radius 3 is 3.07 bits per heavy atom. The molecule has 82 valence electrons. The Morgan fingerprint density at radius 1 is 1.53 bits per heavy atom. The smallest absolute Gasteiger partial charge is 0.128 e. The minimum atomic E-state index is 0.637. The molecule has 1 unspecified atom stereocenters. The molecule has 1 atom stereocenters. The van der Waals surface area contributed by atoms with Crippen LogP contribution in [0.3, 0.4) is 0 Å². The molecule has 1 fully saturated rings. The van der Waals surface area contributed by atoms with Crippen LogP contribution < -0.4 is 4.90 Å². The van der Waals surface area contributed by atoms with Gasteiger partial charge in [0.25, 0.3) is 0 Å². The molecule has 0 aliphatic carbocycles. The lowest BCUT2D eigenvalue weighted by Crippen LogP contribution is -2.30. The zero-order valence-electron chi connectivity index (χ0n) is 8.50. The summed E-state index contributed by atoms with van der Waals surface area (Å²) < 4.78 is 0. The van der Waals surface area contributed by atoms with E-state index < -0.39 is 0 Å². The van der Waals surface area contributed by atoms with Gasteiger partial charge in [-0.05, 0) is 31.4 Å². The maximum absolute atomic E-state index is 5.83. The van der Waals surface area contributed by atoms with Crippen molar-refractivity contribution in [2.75, 3.05) is 16.8 Å². The predicted molar refractivity (Wildman–Crippen MR) is 68.0 cm³/mol. The van der Waals surface area contributed by atoms with Crippen molar-refractivity contribution in [2.45, 2.75) is 25.3 Å². The summed E-state index contributed by atoms with van der Waals surface area (Å²) in [6, 6.07) is 4.56. The number of pyridine rings is 1. The summed E-state index contributed by atoms with van der Waals surface area (Å²) >= 11 is 9.33. The molecule has 15 heavy (non-hydrogen) atoms. The maximum atomic E-state index is 5.83. The Kier molecular flexibility index (Phi) is 3.87. The lowest BCUT2D eigenvalue weighted by atomic mass is 10.2. The highest BCUT2D eigenvalue weighted by Crippen LogP contribution is 2.26. The molecule has 1 saturated heterocycles.